The van der Waals surface area contributed by atoms with Gasteiger partial charge in [0.05, 0.1) is 11.9 Å². The van der Waals surface area contributed by atoms with Crippen molar-refractivity contribution in [3.05, 3.63) is 36.3 Å². The number of guanidine groups is 1. The minimum Gasteiger partial charge on any atom is -0.355 e. The van der Waals surface area contributed by atoms with Crippen LogP contribution >= 0.6 is 11.8 Å². The molecule has 2 aromatic heterocycles. The first-order valence-corrected chi connectivity index (χ1v) is 7.70. The van der Waals surface area contributed by atoms with E-state index in [4.69, 9.17) is 5.26 Å². The summed E-state index contributed by atoms with van der Waals surface area (Å²) >= 11 is 1.83. The first kappa shape index (κ1) is 15.2. The van der Waals surface area contributed by atoms with Crippen LogP contribution in [0.4, 0.5) is 0 Å². The van der Waals surface area contributed by atoms with Crippen LogP contribution in [0.15, 0.2) is 35.6 Å². The summed E-state index contributed by atoms with van der Waals surface area (Å²) in [5.74, 6) is 1.41. The zero-order valence-electron chi connectivity index (χ0n) is 12.1. The monoisotopic (exact) mass is 302 g/mol. The fourth-order valence-corrected chi connectivity index (χ4v) is 2.89. The number of rotatable bonds is 5. The quantitative estimate of drug-likeness (QED) is 0.289. The molecular weight excluding hydrogens is 284 g/mol. The molecule has 0 radical (unpaired) electrons. The molecule has 2 aromatic rings. The van der Waals surface area contributed by atoms with Crippen LogP contribution in [0.5, 0.6) is 0 Å². The summed E-state index contributed by atoms with van der Waals surface area (Å²) in [4.78, 5) is 8.34. The van der Waals surface area contributed by atoms with Crippen LogP contribution in [-0.2, 0) is 0 Å². The number of hydrogen-bond donors (Lipinski definition) is 2. The van der Waals surface area contributed by atoms with Gasteiger partial charge in [0, 0.05) is 30.8 Å². The van der Waals surface area contributed by atoms with Crippen LogP contribution in [0, 0.1) is 11.5 Å². The van der Waals surface area contributed by atoms with Crippen LogP contribution in [0.1, 0.15) is 17.9 Å². The molecule has 0 saturated carbocycles. The van der Waals surface area contributed by atoms with Gasteiger partial charge >= 0.3 is 0 Å². The number of imidazole rings is 1. The molecule has 7 heteroatoms. The molecule has 1 unspecified atom stereocenters. The summed E-state index contributed by atoms with van der Waals surface area (Å²) in [5.41, 5.74) is 2.16. The molecule has 0 spiro atoms. The van der Waals surface area contributed by atoms with Crippen molar-refractivity contribution in [3.63, 3.8) is 0 Å². The second-order valence-corrected chi connectivity index (χ2v) is 5.81. The van der Waals surface area contributed by atoms with Gasteiger partial charge in [0.2, 0.25) is 5.96 Å². The van der Waals surface area contributed by atoms with Crippen molar-refractivity contribution >= 4 is 23.4 Å². The Bertz CT molecular complexity index is 657. The summed E-state index contributed by atoms with van der Waals surface area (Å²) in [7, 11) is 1.64. The highest BCUT2D eigenvalue weighted by atomic mass is 32.2. The average Bonchev–Trinajstić information content (AvgIpc) is 2.94. The van der Waals surface area contributed by atoms with Gasteiger partial charge in [-0.3, -0.25) is 10.3 Å². The number of pyridine rings is 1. The summed E-state index contributed by atoms with van der Waals surface area (Å²) in [6, 6.07) is 6.00. The lowest BCUT2D eigenvalue weighted by Gasteiger charge is -2.12. The van der Waals surface area contributed by atoms with Gasteiger partial charge < -0.3 is 9.72 Å². The highest BCUT2D eigenvalue weighted by Gasteiger charge is 2.11. The van der Waals surface area contributed by atoms with E-state index in [1.165, 1.54) is 5.69 Å². The van der Waals surface area contributed by atoms with Gasteiger partial charge in [0.25, 0.3) is 0 Å². The Labute approximate surface area is 128 Å². The zero-order valence-corrected chi connectivity index (χ0v) is 12.9. The molecule has 0 aliphatic heterocycles. The molecular formula is C14H18N6S. The van der Waals surface area contributed by atoms with Crippen LogP contribution in [0.25, 0.3) is 5.65 Å². The lowest BCUT2D eigenvalue weighted by atomic mass is 10.3. The van der Waals surface area contributed by atoms with Gasteiger partial charge in [-0.1, -0.05) is 6.07 Å². The molecule has 0 bridgehead atoms. The van der Waals surface area contributed by atoms with Crippen LogP contribution < -0.4 is 10.6 Å². The van der Waals surface area contributed by atoms with Crippen molar-refractivity contribution in [1.82, 2.24) is 20.0 Å². The SMILES string of the molecule is CN=C(NC#N)NCCSC(C)c1cnc2ccccn12. The maximum Gasteiger partial charge on any atom is 0.204 e. The Kier molecular flexibility index (Phi) is 5.46. The van der Waals surface area contributed by atoms with E-state index >= 15 is 0 Å². The molecule has 6 nitrogen and oxygen atoms in total. The van der Waals surface area contributed by atoms with Gasteiger partial charge in [-0.15, -0.1) is 0 Å². The molecule has 110 valence electrons. The van der Waals surface area contributed by atoms with Crippen molar-refractivity contribution in [2.24, 2.45) is 4.99 Å². The standard InChI is InChI=1S/C14H18N6S/c1-11(21-8-6-17-14(16-2)19-10-15)12-9-18-13-5-3-4-7-20(12)13/h3-5,7,9,11H,6,8H2,1-2H3,(H2,16,17,19). The summed E-state index contributed by atoms with van der Waals surface area (Å²) in [6.45, 7) is 2.91. The lowest BCUT2D eigenvalue weighted by Crippen LogP contribution is -2.35. The maximum absolute atomic E-state index is 8.54. The van der Waals surface area contributed by atoms with Crippen molar-refractivity contribution in [1.29, 1.82) is 5.26 Å². The number of aromatic nitrogens is 2. The van der Waals surface area contributed by atoms with Crippen LogP contribution in [-0.4, -0.2) is 34.7 Å². The summed E-state index contributed by atoms with van der Waals surface area (Å²) in [6.07, 6.45) is 5.81. The third kappa shape index (κ3) is 3.89. The molecule has 0 fully saturated rings. The largest absolute Gasteiger partial charge is 0.355 e. The smallest absolute Gasteiger partial charge is 0.204 e. The Morgan fingerprint density at radius 2 is 2.43 bits per heavy atom. The minimum atomic E-state index is 0.343. The number of thioether (sulfide) groups is 1. The highest BCUT2D eigenvalue weighted by Crippen LogP contribution is 2.27. The van der Waals surface area contributed by atoms with Gasteiger partial charge in [-0.2, -0.15) is 17.0 Å². The van der Waals surface area contributed by atoms with E-state index in [1.807, 2.05) is 48.5 Å². The maximum atomic E-state index is 8.54. The third-order valence-electron chi connectivity index (χ3n) is 3.02. The number of nitrogens with zero attached hydrogens (tertiary/aromatic N) is 4. The molecule has 1 atom stereocenters. The Hall–Kier alpha value is -2.20. The van der Waals surface area contributed by atoms with Crippen LogP contribution in [0.3, 0.4) is 0 Å². The van der Waals surface area contributed by atoms with Crippen LogP contribution in [0.2, 0.25) is 0 Å². The first-order chi connectivity index (χ1) is 10.3. The second-order valence-electron chi connectivity index (χ2n) is 4.36. The molecule has 21 heavy (non-hydrogen) atoms. The lowest BCUT2D eigenvalue weighted by molar-refractivity contribution is 0.920. The second kappa shape index (κ2) is 7.55. The molecule has 0 aliphatic rings. The van der Waals surface area contributed by atoms with Gasteiger partial charge in [0.15, 0.2) is 6.19 Å². The van der Waals surface area contributed by atoms with Crippen molar-refractivity contribution < 1.29 is 0 Å². The molecule has 2 rings (SSSR count). The van der Waals surface area contributed by atoms with Gasteiger partial charge in [-0.25, -0.2) is 4.98 Å². The molecule has 2 N–H and O–H groups in total. The van der Waals surface area contributed by atoms with Gasteiger partial charge in [0.1, 0.15) is 5.65 Å². The van der Waals surface area contributed by atoms with E-state index in [0.29, 0.717) is 11.2 Å². The predicted octanol–water partition coefficient (Wildman–Crippen LogP) is 1.77. The van der Waals surface area contributed by atoms with Crippen molar-refractivity contribution in [2.75, 3.05) is 19.3 Å². The highest BCUT2D eigenvalue weighted by molar-refractivity contribution is 7.99. The summed E-state index contributed by atoms with van der Waals surface area (Å²) in [5, 5.41) is 14.5. The molecule has 0 aliphatic carbocycles. The number of nitriles is 1. The third-order valence-corrected chi connectivity index (χ3v) is 4.20. The van der Waals surface area contributed by atoms with E-state index < -0.39 is 0 Å². The normalized spacial score (nSPS) is 12.9. The number of nitrogens with one attached hydrogen (secondary N) is 2. The molecule has 0 aromatic carbocycles. The molecule has 0 amide bonds. The van der Waals surface area contributed by atoms with Crippen molar-refractivity contribution in [3.8, 4) is 6.19 Å². The van der Waals surface area contributed by atoms with E-state index in [1.54, 1.807) is 7.05 Å². The van der Waals surface area contributed by atoms with E-state index in [-0.39, 0.29) is 0 Å². The minimum absolute atomic E-state index is 0.343. The Morgan fingerprint density at radius 3 is 3.19 bits per heavy atom. The molecule has 2 heterocycles. The fraction of sp³-hybridized carbons (Fsp3) is 0.357. The van der Waals surface area contributed by atoms with E-state index in [9.17, 15) is 0 Å². The van der Waals surface area contributed by atoms with Gasteiger partial charge in [-0.05, 0) is 19.1 Å². The van der Waals surface area contributed by atoms with E-state index in [0.717, 1.165) is 17.9 Å². The number of fused-ring (bicyclic) bond motifs is 1. The predicted molar refractivity (Wildman–Crippen MR) is 86.2 cm³/mol. The fourth-order valence-electron chi connectivity index (χ4n) is 1.98. The zero-order chi connectivity index (χ0) is 15.1. The first-order valence-electron chi connectivity index (χ1n) is 6.65. The Morgan fingerprint density at radius 1 is 1.57 bits per heavy atom. The topological polar surface area (TPSA) is 77.5 Å². The van der Waals surface area contributed by atoms with E-state index in [2.05, 4.69) is 31.9 Å². The van der Waals surface area contributed by atoms with Crippen molar-refractivity contribution in [2.45, 2.75) is 12.2 Å². The Balaban J connectivity index is 1.85. The average molecular weight is 302 g/mol. The summed E-state index contributed by atoms with van der Waals surface area (Å²) < 4.78 is 2.11. The molecule has 0 saturated heterocycles. The number of aliphatic imine (C=N–C) groups is 1. The number of hydrogen-bond acceptors (Lipinski definition) is 4.